The fourth-order valence-electron chi connectivity index (χ4n) is 2.27. The van der Waals surface area contributed by atoms with Crippen molar-refractivity contribution >= 4 is 23.4 Å². The van der Waals surface area contributed by atoms with Crippen LogP contribution < -0.4 is 0 Å². The largest absolute Gasteiger partial charge is 0.509 e. The summed E-state index contributed by atoms with van der Waals surface area (Å²) >= 11 is 0. The molecule has 1 aliphatic heterocycles. The van der Waals surface area contributed by atoms with Crippen LogP contribution in [-0.4, -0.2) is 46.8 Å². The molecule has 7 nitrogen and oxygen atoms in total. The van der Waals surface area contributed by atoms with Gasteiger partial charge in [0.25, 0.3) is 0 Å². The summed E-state index contributed by atoms with van der Waals surface area (Å²) < 4.78 is 9.81. The number of aliphatic hydroxyl groups is 1. The number of hydrogen-bond acceptors (Lipinski definition) is 7. The van der Waals surface area contributed by atoms with E-state index in [0.717, 1.165) is 6.92 Å². The van der Waals surface area contributed by atoms with E-state index in [1.54, 1.807) is 6.92 Å². The molecule has 21 heavy (non-hydrogen) atoms. The number of esters is 2. The highest BCUT2D eigenvalue weighted by Crippen LogP contribution is 2.35. The van der Waals surface area contributed by atoms with E-state index in [9.17, 15) is 19.5 Å². The fourth-order valence-corrected chi connectivity index (χ4v) is 2.27. The molecule has 7 heteroatoms. The SMILES string of the molecule is CCOC(=O)C1=C(O)C(C)(C(OC(C)=O)C(C)=O)N=C1C. The van der Waals surface area contributed by atoms with Gasteiger partial charge in [0, 0.05) is 6.92 Å². The van der Waals surface area contributed by atoms with Gasteiger partial charge in [-0.15, -0.1) is 0 Å². The molecule has 2 unspecified atom stereocenters. The Labute approximate surface area is 122 Å². The van der Waals surface area contributed by atoms with Gasteiger partial charge in [-0.25, -0.2) is 4.79 Å². The average molecular weight is 297 g/mol. The van der Waals surface area contributed by atoms with Gasteiger partial charge in [0.05, 0.1) is 12.3 Å². The highest BCUT2D eigenvalue weighted by molar-refractivity contribution is 6.21. The van der Waals surface area contributed by atoms with E-state index < -0.39 is 35.1 Å². The van der Waals surface area contributed by atoms with Gasteiger partial charge in [0.1, 0.15) is 11.3 Å². The first kappa shape index (κ1) is 16.9. The summed E-state index contributed by atoms with van der Waals surface area (Å²) in [6.45, 7) is 7.08. The van der Waals surface area contributed by atoms with Gasteiger partial charge in [-0.05, 0) is 27.7 Å². The number of carbonyl (C=O) groups excluding carboxylic acids is 3. The zero-order chi connectivity index (χ0) is 16.4. The Bertz CT molecular complexity index is 548. The number of hydrogen-bond donors (Lipinski definition) is 1. The molecule has 0 spiro atoms. The standard InChI is InChI=1S/C14H19NO6/c1-6-20-13(19)10-7(2)15-14(5,11(10)18)12(8(3)16)21-9(4)17/h12,18H,6H2,1-5H3. The average Bonchev–Trinajstić information content (AvgIpc) is 2.57. The smallest absolute Gasteiger partial charge is 0.343 e. The maximum Gasteiger partial charge on any atom is 0.343 e. The van der Waals surface area contributed by atoms with Gasteiger partial charge < -0.3 is 14.6 Å². The molecule has 2 atom stereocenters. The summed E-state index contributed by atoms with van der Waals surface area (Å²) in [6.07, 6.45) is -1.31. The van der Waals surface area contributed by atoms with E-state index in [2.05, 4.69) is 4.99 Å². The molecule has 0 aliphatic carbocycles. The highest BCUT2D eigenvalue weighted by atomic mass is 16.5. The van der Waals surface area contributed by atoms with E-state index in [0.29, 0.717) is 0 Å². The van der Waals surface area contributed by atoms with Gasteiger partial charge >= 0.3 is 11.9 Å². The summed E-state index contributed by atoms with van der Waals surface area (Å²) in [5, 5.41) is 10.3. The molecule has 1 heterocycles. The van der Waals surface area contributed by atoms with Crippen molar-refractivity contribution in [2.24, 2.45) is 4.99 Å². The first-order valence-corrected chi connectivity index (χ1v) is 6.50. The van der Waals surface area contributed by atoms with Crippen LogP contribution in [0.3, 0.4) is 0 Å². The molecule has 1 rings (SSSR count). The van der Waals surface area contributed by atoms with Gasteiger partial charge in [0.2, 0.25) is 0 Å². The van der Waals surface area contributed by atoms with Crippen molar-refractivity contribution in [2.45, 2.75) is 46.3 Å². The molecule has 0 aromatic heterocycles. The fraction of sp³-hybridized carbons (Fsp3) is 0.571. The van der Waals surface area contributed by atoms with E-state index in [1.165, 1.54) is 20.8 Å². The number of nitrogens with zero attached hydrogens (tertiary/aromatic N) is 1. The summed E-state index contributed by atoms with van der Waals surface area (Å²) in [7, 11) is 0. The number of carbonyl (C=O) groups is 3. The summed E-state index contributed by atoms with van der Waals surface area (Å²) in [5.74, 6) is -2.33. The zero-order valence-corrected chi connectivity index (χ0v) is 12.7. The third-order valence-electron chi connectivity index (χ3n) is 3.12. The second-order valence-corrected chi connectivity index (χ2v) is 4.89. The van der Waals surface area contributed by atoms with Crippen LogP contribution in [0.25, 0.3) is 0 Å². The topological polar surface area (TPSA) is 102 Å². The minimum Gasteiger partial charge on any atom is -0.509 e. The van der Waals surface area contributed by atoms with Gasteiger partial charge in [-0.1, -0.05) is 0 Å². The number of aliphatic hydroxyl groups excluding tert-OH is 1. The van der Waals surface area contributed by atoms with Crippen LogP contribution in [-0.2, 0) is 23.9 Å². The first-order valence-electron chi connectivity index (χ1n) is 6.50. The molecule has 0 amide bonds. The van der Waals surface area contributed by atoms with Crippen molar-refractivity contribution in [1.82, 2.24) is 0 Å². The maximum atomic E-state index is 11.9. The first-order chi connectivity index (χ1) is 9.65. The Kier molecular flexibility index (Phi) is 4.88. The van der Waals surface area contributed by atoms with Crippen LogP contribution in [0.2, 0.25) is 0 Å². The molecule has 1 aliphatic rings. The lowest BCUT2D eigenvalue weighted by molar-refractivity contribution is -0.155. The number of rotatable bonds is 5. The van der Waals surface area contributed by atoms with E-state index in [1.807, 2.05) is 0 Å². The third kappa shape index (κ3) is 3.12. The molecule has 0 radical (unpaired) electrons. The van der Waals surface area contributed by atoms with Crippen LogP contribution >= 0.6 is 0 Å². The van der Waals surface area contributed by atoms with Crippen LogP contribution in [0.15, 0.2) is 16.3 Å². The molecule has 0 saturated heterocycles. The van der Waals surface area contributed by atoms with Crippen LogP contribution in [0.4, 0.5) is 0 Å². The molecule has 0 bridgehead atoms. The van der Waals surface area contributed by atoms with Crippen molar-refractivity contribution in [3.05, 3.63) is 11.3 Å². The molecule has 0 saturated carbocycles. The van der Waals surface area contributed by atoms with Crippen LogP contribution in [0.1, 0.15) is 34.6 Å². The van der Waals surface area contributed by atoms with Gasteiger partial charge in [-0.3, -0.25) is 14.6 Å². The number of ether oxygens (including phenoxy) is 2. The van der Waals surface area contributed by atoms with E-state index >= 15 is 0 Å². The molecule has 0 fully saturated rings. The Morgan fingerprint density at radius 3 is 2.33 bits per heavy atom. The Hall–Kier alpha value is -2.18. The molecular weight excluding hydrogens is 278 g/mol. The summed E-state index contributed by atoms with van der Waals surface area (Å²) in [4.78, 5) is 38.9. The van der Waals surface area contributed by atoms with Crippen LogP contribution in [0.5, 0.6) is 0 Å². The van der Waals surface area contributed by atoms with Crippen molar-refractivity contribution in [1.29, 1.82) is 0 Å². The van der Waals surface area contributed by atoms with Crippen LogP contribution in [0, 0.1) is 0 Å². The molecular formula is C14H19NO6. The molecule has 1 N–H and O–H groups in total. The summed E-state index contributed by atoms with van der Waals surface area (Å²) in [6, 6.07) is 0. The Morgan fingerprint density at radius 2 is 1.90 bits per heavy atom. The summed E-state index contributed by atoms with van der Waals surface area (Å²) in [5.41, 5.74) is -1.39. The Morgan fingerprint density at radius 1 is 1.33 bits per heavy atom. The Balaban J connectivity index is 3.31. The predicted molar refractivity (Wildman–Crippen MR) is 74.0 cm³/mol. The highest BCUT2D eigenvalue weighted by Gasteiger charge is 2.50. The van der Waals surface area contributed by atoms with Crippen molar-refractivity contribution in [2.75, 3.05) is 6.61 Å². The molecule has 0 aromatic carbocycles. The lowest BCUT2D eigenvalue weighted by atomic mass is 9.90. The second kappa shape index (κ2) is 6.07. The maximum absolute atomic E-state index is 11.9. The monoisotopic (exact) mass is 297 g/mol. The number of aliphatic imine (C=N–C) groups is 1. The van der Waals surface area contributed by atoms with E-state index in [4.69, 9.17) is 9.47 Å². The zero-order valence-electron chi connectivity index (χ0n) is 12.7. The number of Topliss-reactive ketones (excluding diaryl/α,β-unsaturated/α-hetero) is 1. The van der Waals surface area contributed by atoms with E-state index in [-0.39, 0.29) is 17.9 Å². The predicted octanol–water partition coefficient (Wildman–Crippen LogP) is 1.12. The van der Waals surface area contributed by atoms with Crippen molar-refractivity contribution in [3.8, 4) is 0 Å². The second-order valence-electron chi connectivity index (χ2n) is 4.89. The lowest BCUT2D eigenvalue weighted by Gasteiger charge is -2.29. The van der Waals surface area contributed by atoms with Crippen molar-refractivity contribution < 1.29 is 29.0 Å². The minimum atomic E-state index is -1.52. The van der Waals surface area contributed by atoms with Gasteiger partial charge in [0.15, 0.2) is 17.4 Å². The van der Waals surface area contributed by atoms with Gasteiger partial charge in [-0.2, -0.15) is 0 Å². The molecule has 116 valence electrons. The minimum absolute atomic E-state index is 0.0993. The quantitative estimate of drug-likeness (QED) is 0.763. The lowest BCUT2D eigenvalue weighted by Crippen LogP contribution is -2.46. The third-order valence-corrected chi connectivity index (χ3v) is 3.12. The van der Waals surface area contributed by atoms with Crippen molar-refractivity contribution in [3.63, 3.8) is 0 Å². The number of ketones is 1. The molecule has 0 aromatic rings. The normalized spacial score (nSPS) is 22.6.